The summed E-state index contributed by atoms with van der Waals surface area (Å²) in [6, 6.07) is 6.87. The molecule has 27 heavy (non-hydrogen) atoms. The van der Waals surface area contributed by atoms with Crippen molar-refractivity contribution in [3.05, 3.63) is 63.0 Å². The minimum atomic E-state index is -1.28. The highest BCUT2D eigenvalue weighted by molar-refractivity contribution is 6.35. The summed E-state index contributed by atoms with van der Waals surface area (Å²) in [7, 11) is 1.54. The van der Waals surface area contributed by atoms with Gasteiger partial charge in [-0.1, -0.05) is 29.3 Å². The second kappa shape index (κ2) is 7.42. The van der Waals surface area contributed by atoms with Gasteiger partial charge < -0.3 is 10.4 Å². The van der Waals surface area contributed by atoms with Gasteiger partial charge in [0.15, 0.2) is 11.5 Å². The molecule has 0 atom stereocenters. The number of carboxylic acid groups (broad SMARTS) is 1. The molecule has 140 valence electrons. The molecule has 3 rings (SSSR count). The van der Waals surface area contributed by atoms with Crippen LogP contribution in [0.4, 0.5) is 5.82 Å². The molecule has 0 aliphatic carbocycles. The second-order valence-electron chi connectivity index (χ2n) is 5.89. The lowest BCUT2D eigenvalue weighted by Crippen LogP contribution is -2.16. The predicted octanol–water partition coefficient (Wildman–Crippen LogP) is 3.23. The minimum absolute atomic E-state index is 0.0436. The smallest absolute Gasteiger partial charge is 0.357 e. The first-order chi connectivity index (χ1) is 12.7. The van der Waals surface area contributed by atoms with E-state index in [1.807, 2.05) is 6.92 Å². The Hall–Kier alpha value is -2.84. The van der Waals surface area contributed by atoms with Crippen LogP contribution in [0.5, 0.6) is 0 Å². The predicted molar refractivity (Wildman–Crippen MR) is 101 cm³/mol. The number of rotatable bonds is 5. The first kappa shape index (κ1) is 18.9. The standard InChI is InChI=1S/C17H15Cl2N5O3/c1-9-5-14(20-16(25)12-8-23(2)22-15(12)17(26)27)21-24(9)7-10-3-4-11(18)6-13(10)19/h3-6,8H,7H2,1-2H3,(H,26,27)(H,20,21,25). The number of carbonyl (C=O) groups excluding carboxylic acids is 1. The number of aromatic nitrogens is 4. The third-order valence-corrected chi connectivity index (χ3v) is 4.42. The van der Waals surface area contributed by atoms with Gasteiger partial charge in [0.2, 0.25) is 0 Å². The molecule has 2 heterocycles. The molecule has 8 nitrogen and oxygen atoms in total. The van der Waals surface area contributed by atoms with Gasteiger partial charge in [0.1, 0.15) is 0 Å². The monoisotopic (exact) mass is 407 g/mol. The summed E-state index contributed by atoms with van der Waals surface area (Å²) in [4.78, 5) is 23.6. The summed E-state index contributed by atoms with van der Waals surface area (Å²) >= 11 is 12.1. The average Bonchev–Trinajstić information content (AvgIpc) is 3.13. The summed E-state index contributed by atoms with van der Waals surface area (Å²) in [5.74, 6) is -1.59. The number of halogens is 2. The van der Waals surface area contributed by atoms with Crippen molar-refractivity contribution in [2.24, 2.45) is 7.05 Å². The van der Waals surface area contributed by atoms with E-state index in [1.54, 1.807) is 28.9 Å². The fourth-order valence-corrected chi connectivity index (χ4v) is 3.01. The summed E-state index contributed by atoms with van der Waals surface area (Å²) in [5, 5.41) is 20.9. The summed E-state index contributed by atoms with van der Waals surface area (Å²) in [6.07, 6.45) is 1.34. The van der Waals surface area contributed by atoms with Crippen molar-refractivity contribution in [2.45, 2.75) is 13.5 Å². The van der Waals surface area contributed by atoms with Gasteiger partial charge in [-0.3, -0.25) is 14.2 Å². The van der Waals surface area contributed by atoms with Gasteiger partial charge in [-0.05, 0) is 24.6 Å². The molecule has 10 heteroatoms. The van der Waals surface area contributed by atoms with Crippen LogP contribution < -0.4 is 5.32 Å². The van der Waals surface area contributed by atoms with E-state index in [0.717, 1.165) is 11.3 Å². The van der Waals surface area contributed by atoms with Crippen molar-refractivity contribution in [3.63, 3.8) is 0 Å². The zero-order valence-corrected chi connectivity index (χ0v) is 15.9. The van der Waals surface area contributed by atoms with Gasteiger partial charge in [-0.25, -0.2) is 4.79 Å². The van der Waals surface area contributed by atoms with Crippen LogP contribution >= 0.6 is 23.2 Å². The number of aromatic carboxylic acids is 1. The topological polar surface area (TPSA) is 102 Å². The summed E-state index contributed by atoms with van der Waals surface area (Å²) in [5.41, 5.74) is 1.25. The highest BCUT2D eigenvalue weighted by Crippen LogP contribution is 2.22. The van der Waals surface area contributed by atoms with Crippen LogP contribution in [0.1, 0.15) is 32.1 Å². The molecule has 2 N–H and O–H groups in total. The van der Waals surface area contributed by atoms with E-state index < -0.39 is 11.9 Å². The molecule has 0 fully saturated rings. The molecule has 2 aromatic heterocycles. The van der Waals surface area contributed by atoms with Crippen molar-refractivity contribution >= 4 is 40.9 Å². The molecule has 0 aliphatic rings. The number of amides is 1. The quantitative estimate of drug-likeness (QED) is 0.675. The van der Waals surface area contributed by atoms with Crippen molar-refractivity contribution in [1.29, 1.82) is 0 Å². The minimum Gasteiger partial charge on any atom is -0.476 e. The zero-order chi connectivity index (χ0) is 19.7. The Kier molecular flexibility index (Phi) is 5.20. The number of aryl methyl sites for hydroxylation is 2. The highest BCUT2D eigenvalue weighted by atomic mass is 35.5. The number of carboxylic acids is 1. The van der Waals surface area contributed by atoms with Gasteiger partial charge in [-0.15, -0.1) is 0 Å². The zero-order valence-electron chi connectivity index (χ0n) is 14.4. The van der Waals surface area contributed by atoms with Gasteiger partial charge >= 0.3 is 5.97 Å². The Morgan fingerprint density at radius 2 is 1.96 bits per heavy atom. The molecule has 0 saturated heterocycles. The molecule has 3 aromatic rings. The Morgan fingerprint density at radius 3 is 2.63 bits per heavy atom. The second-order valence-corrected chi connectivity index (χ2v) is 6.73. The maximum atomic E-state index is 12.4. The molecule has 0 spiro atoms. The largest absolute Gasteiger partial charge is 0.476 e. The molecule has 1 aromatic carbocycles. The van der Waals surface area contributed by atoms with Crippen LogP contribution in [-0.2, 0) is 13.6 Å². The molecular weight excluding hydrogens is 393 g/mol. The highest BCUT2D eigenvalue weighted by Gasteiger charge is 2.22. The van der Waals surface area contributed by atoms with E-state index in [2.05, 4.69) is 15.5 Å². The van der Waals surface area contributed by atoms with Gasteiger partial charge in [-0.2, -0.15) is 10.2 Å². The lowest BCUT2D eigenvalue weighted by atomic mass is 10.2. The van der Waals surface area contributed by atoms with Crippen LogP contribution in [0.3, 0.4) is 0 Å². The maximum Gasteiger partial charge on any atom is 0.357 e. The molecule has 1 amide bonds. The van der Waals surface area contributed by atoms with Crippen LogP contribution in [-0.4, -0.2) is 36.5 Å². The number of hydrogen-bond acceptors (Lipinski definition) is 4. The number of benzene rings is 1. The number of carbonyl (C=O) groups is 2. The van der Waals surface area contributed by atoms with E-state index >= 15 is 0 Å². The van der Waals surface area contributed by atoms with E-state index in [9.17, 15) is 9.59 Å². The van der Waals surface area contributed by atoms with Gasteiger partial charge in [0, 0.05) is 35.1 Å². The van der Waals surface area contributed by atoms with Crippen LogP contribution in [0, 0.1) is 6.92 Å². The van der Waals surface area contributed by atoms with Crippen molar-refractivity contribution in [1.82, 2.24) is 19.6 Å². The van der Waals surface area contributed by atoms with Crippen LogP contribution in [0.25, 0.3) is 0 Å². The Morgan fingerprint density at radius 1 is 1.22 bits per heavy atom. The van der Waals surface area contributed by atoms with E-state index in [1.165, 1.54) is 17.9 Å². The lowest BCUT2D eigenvalue weighted by Gasteiger charge is -2.07. The molecule has 0 radical (unpaired) electrons. The summed E-state index contributed by atoms with van der Waals surface area (Å²) < 4.78 is 2.94. The Balaban J connectivity index is 1.80. The first-order valence-electron chi connectivity index (χ1n) is 7.81. The molecule has 0 saturated carbocycles. The van der Waals surface area contributed by atoms with Gasteiger partial charge in [0.05, 0.1) is 12.1 Å². The molecule has 0 aliphatic heterocycles. The first-order valence-corrected chi connectivity index (χ1v) is 8.57. The van der Waals surface area contributed by atoms with Crippen molar-refractivity contribution in [3.8, 4) is 0 Å². The fraction of sp³-hybridized carbons (Fsp3) is 0.176. The molecular formula is C17H15Cl2N5O3. The van der Waals surface area contributed by atoms with Crippen LogP contribution in [0.15, 0.2) is 30.5 Å². The maximum absolute atomic E-state index is 12.4. The Labute approximate surface area is 164 Å². The lowest BCUT2D eigenvalue weighted by molar-refractivity contribution is 0.0685. The van der Waals surface area contributed by atoms with Crippen LogP contribution in [0.2, 0.25) is 10.0 Å². The number of nitrogens with zero attached hydrogens (tertiary/aromatic N) is 4. The third-order valence-electron chi connectivity index (χ3n) is 3.83. The molecule has 0 bridgehead atoms. The Bertz CT molecular complexity index is 1040. The van der Waals surface area contributed by atoms with E-state index in [0.29, 0.717) is 22.4 Å². The molecule has 0 unspecified atom stereocenters. The summed E-state index contributed by atoms with van der Waals surface area (Å²) in [6.45, 7) is 2.23. The normalized spacial score (nSPS) is 10.8. The van der Waals surface area contributed by atoms with E-state index in [4.69, 9.17) is 28.3 Å². The van der Waals surface area contributed by atoms with Crippen molar-refractivity contribution in [2.75, 3.05) is 5.32 Å². The number of hydrogen-bond donors (Lipinski definition) is 2. The van der Waals surface area contributed by atoms with Crippen molar-refractivity contribution < 1.29 is 14.7 Å². The fourth-order valence-electron chi connectivity index (χ4n) is 2.54. The average molecular weight is 408 g/mol. The van der Waals surface area contributed by atoms with E-state index in [-0.39, 0.29) is 11.3 Å². The van der Waals surface area contributed by atoms with Gasteiger partial charge in [0.25, 0.3) is 5.91 Å². The number of anilines is 1. The number of nitrogens with one attached hydrogen (secondary N) is 1. The third kappa shape index (κ3) is 4.12. The SMILES string of the molecule is Cc1cc(NC(=O)c2cn(C)nc2C(=O)O)nn1Cc1ccc(Cl)cc1Cl.